The molecule has 0 aromatic heterocycles. The first-order valence-corrected chi connectivity index (χ1v) is 10.3. The first kappa shape index (κ1) is 20.3. The molecule has 4 rings (SSSR count). The van der Waals surface area contributed by atoms with Crippen molar-refractivity contribution in [2.75, 3.05) is 19.7 Å². The van der Waals surface area contributed by atoms with Gasteiger partial charge in [0.25, 0.3) is 11.8 Å². The van der Waals surface area contributed by atoms with Gasteiger partial charge >= 0.3 is 0 Å². The molecule has 30 heavy (non-hydrogen) atoms. The summed E-state index contributed by atoms with van der Waals surface area (Å²) >= 11 is 0. The van der Waals surface area contributed by atoms with E-state index in [1.807, 2.05) is 0 Å². The lowest BCUT2D eigenvalue weighted by Crippen LogP contribution is -2.41. The Morgan fingerprint density at radius 3 is 2.57 bits per heavy atom. The highest BCUT2D eigenvalue weighted by Gasteiger charge is 2.27. The maximum absolute atomic E-state index is 13.9. The van der Waals surface area contributed by atoms with E-state index in [9.17, 15) is 18.4 Å². The number of hydrogen-bond acceptors (Lipinski definition) is 3. The van der Waals surface area contributed by atoms with Crippen LogP contribution in [-0.4, -0.2) is 42.5 Å². The molecule has 1 atom stereocenters. The van der Waals surface area contributed by atoms with Crippen LogP contribution in [0.1, 0.15) is 46.4 Å². The van der Waals surface area contributed by atoms with Crippen LogP contribution < -0.4 is 10.1 Å². The molecular weight excluding hydrogens is 390 g/mol. The van der Waals surface area contributed by atoms with Crippen molar-refractivity contribution in [2.24, 2.45) is 5.92 Å². The fourth-order valence-electron chi connectivity index (χ4n) is 3.63. The largest absolute Gasteiger partial charge is 0.493 e. The van der Waals surface area contributed by atoms with Gasteiger partial charge in [-0.2, -0.15) is 0 Å². The highest BCUT2D eigenvalue weighted by Crippen LogP contribution is 2.23. The normalized spacial score (nSPS) is 18.7. The molecule has 1 aliphatic heterocycles. The van der Waals surface area contributed by atoms with Crippen molar-refractivity contribution >= 4 is 11.8 Å². The van der Waals surface area contributed by atoms with Gasteiger partial charge in [0, 0.05) is 30.6 Å². The number of benzene rings is 2. The SMILES string of the molecule is O=C(NC1CC1)c1ccc(OC[C@@H]2CCCN(C(=O)c3cc(F)ccc3F)C2)cc1. The molecule has 0 bridgehead atoms. The smallest absolute Gasteiger partial charge is 0.256 e. The molecule has 1 saturated carbocycles. The standard InChI is InChI=1S/C23H24F2N2O3/c24-17-5-10-21(25)20(12-17)23(29)27-11-1-2-15(13-27)14-30-19-8-3-16(4-9-19)22(28)26-18-6-7-18/h3-5,8-10,12,15,18H,1-2,6-7,11,13-14H2,(H,26,28)/t15-/m1/s1. The topological polar surface area (TPSA) is 58.6 Å². The van der Waals surface area contributed by atoms with Gasteiger partial charge in [-0.05, 0) is 68.1 Å². The van der Waals surface area contributed by atoms with E-state index in [-0.39, 0.29) is 17.4 Å². The third-order valence-corrected chi connectivity index (χ3v) is 5.48. The van der Waals surface area contributed by atoms with E-state index in [4.69, 9.17) is 4.74 Å². The third kappa shape index (κ3) is 4.96. The van der Waals surface area contributed by atoms with E-state index in [2.05, 4.69) is 5.32 Å². The van der Waals surface area contributed by atoms with Crippen molar-refractivity contribution < 1.29 is 23.1 Å². The summed E-state index contributed by atoms with van der Waals surface area (Å²) in [5.41, 5.74) is 0.359. The molecule has 158 valence electrons. The molecule has 1 aliphatic carbocycles. The fraction of sp³-hybridized carbons (Fsp3) is 0.391. The van der Waals surface area contributed by atoms with Gasteiger partial charge in [0.15, 0.2) is 0 Å². The second-order valence-electron chi connectivity index (χ2n) is 7.97. The van der Waals surface area contributed by atoms with Crippen LogP contribution in [0.15, 0.2) is 42.5 Å². The predicted molar refractivity (Wildman–Crippen MR) is 107 cm³/mol. The lowest BCUT2D eigenvalue weighted by Gasteiger charge is -2.32. The number of carbonyl (C=O) groups is 2. The molecule has 2 aromatic rings. The van der Waals surface area contributed by atoms with Crippen molar-refractivity contribution in [3.05, 3.63) is 65.2 Å². The van der Waals surface area contributed by atoms with Crippen LogP contribution in [0, 0.1) is 17.6 Å². The molecule has 1 saturated heterocycles. The molecule has 2 aromatic carbocycles. The molecule has 0 radical (unpaired) electrons. The molecule has 2 aliphatic rings. The van der Waals surface area contributed by atoms with Gasteiger partial charge in [0.2, 0.25) is 0 Å². The molecular formula is C23H24F2N2O3. The Labute approximate surface area is 174 Å². The zero-order valence-corrected chi connectivity index (χ0v) is 16.6. The Morgan fingerprint density at radius 1 is 1.07 bits per heavy atom. The molecule has 1 N–H and O–H groups in total. The third-order valence-electron chi connectivity index (χ3n) is 5.48. The van der Waals surface area contributed by atoms with Crippen LogP contribution >= 0.6 is 0 Å². The summed E-state index contributed by atoms with van der Waals surface area (Å²) in [4.78, 5) is 26.2. The van der Waals surface area contributed by atoms with Crippen LogP contribution in [0.2, 0.25) is 0 Å². The van der Waals surface area contributed by atoms with E-state index < -0.39 is 17.5 Å². The second-order valence-corrected chi connectivity index (χ2v) is 7.97. The number of piperidine rings is 1. The van der Waals surface area contributed by atoms with E-state index in [1.54, 1.807) is 29.2 Å². The van der Waals surface area contributed by atoms with Crippen LogP contribution in [0.4, 0.5) is 8.78 Å². The number of ether oxygens (including phenoxy) is 1. The van der Waals surface area contributed by atoms with Crippen molar-refractivity contribution in [1.82, 2.24) is 10.2 Å². The van der Waals surface area contributed by atoms with Gasteiger partial charge < -0.3 is 15.0 Å². The van der Waals surface area contributed by atoms with Crippen molar-refractivity contribution in [3.8, 4) is 5.75 Å². The average molecular weight is 414 g/mol. The summed E-state index contributed by atoms with van der Waals surface area (Å²) in [6.45, 7) is 1.34. The summed E-state index contributed by atoms with van der Waals surface area (Å²) in [5.74, 6) is -1.18. The van der Waals surface area contributed by atoms with Crippen molar-refractivity contribution in [3.63, 3.8) is 0 Å². The molecule has 0 unspecified atom stereocenters. The Bertz CT molecular complexity index is 929. The Balaban J connectivity index is 1.31. The van der Waals surface area contributed by atoms with Gasteiger partial charge in [-0.25, -0.2) is 8.78 Å². The first-order chi connectivity index (χ1) is 14.5. The van der Waals surface area contributed by atoms with E-state index >= 15 is 0 Å². The molecule has 7 heteroatoms. The van der Waals surface area contributed by atoms with Gasteiger partial charge in [0.05, 0.1) is 12.2 Å². The zero-order chi connectivity index (χ0) is 21.1. The van der Waals surface area contributed by atoms with Gasteiger partial charge in [-0.3, -0.25) is 9.59 Å². The summed E-state index contributed by atoms with van der Waals surface area (Å²) in [6.07, 6.45) is 3.74. The number of nitrogens with zero attached hydrogens (tertiary/aromatic N) is 1. The summed E-state index contributed by atoms with van der Waals surface area (Å²) in [6, 6.07) is 10.2. The minimum absolute atomic E-state index is 0.0740. The monoisotopic (exact) mass is 414 g/mol. The predicted octanol–water partition coefficient (Wildman–Crippen LogP) is 3.79. The quantitative estimate of drug-likeness (QED) is 0.783. The number of halogens is 2. The van der Waals surface area contributed by atoms with E-state index in [0.717, 1.165) is 43.9 Å². The van der Waals surface area contributed by atoms with Crippen molar-refractivity contribution in [1.29, 1.82) is 0 Å². The molecule has 5 nitrogen and oxygen atoms in total. The fourth-order valence-corrected chi connectivity index (χ4v) is 3.63. The number of nitrogens with one attached hydrogen (secondary N) is 1. The Kier molecular flexibility index (Phi) is 5.97. The van der Waals surface area contributed by atoms with Crippen LogP contribution in [-0.2, 0) is 0 Å². The lowest BCUT2D eigenvalue weighted by atomic mass is 9.98. The van der Waals surface area contributed by atoms with Crippen LogP contribution in [0.3, 0.4) is 0 Å². The maximum Gasteiger partial charge on any atom is 0.256 e. The summed E-state index contributed by atoms with van der Waals surface area (Å²) in [5, 5.41) is 2.94. The Hall–Kier alpha value is -2.96. The number of amides is 2. The minimum Gasteiger partial charge on any atom is -0.493 e. The van der Waals surface area contributed by atoms with Crippen LogP contribution in [0.5, 0.6) is 5.75 Å². The molecule has 1 heterocycles. The number of rotatable bonds is 6. The first-order valence-electron chi connectivity index (χ1n) is 10.3. The zero-order valence-electron chi connectivity index (χ0n) is 16.6. The average Bonchev–Trinajstić information content (AvgIpc) is 3.58. The van der Waals surface area contributed by atoms with Gasteiger partial charge in [-0.15, -0.1) is 0 Å². The van der Waals surface area contributed by atoms with Gasteiger partial charge in [0.1, 0.15) is 17.4 Å². The molecule has 0 spiro atoms. The molecule has 2 fully saturated rings. The minimum atomic E-state index is -0.717. The Morgan fingerprint density at radius 2 is 1.83 bits per heavy atom. The van der Waals surface area contributed by atoms with E-state index in [1.165, 1.54) is 0 Å². The molecule has 2 amide bonds. The number of carbonyl (C=O) groups excluding carboxylic acids is 2. The van der Waals surface area contributed by atoms with E-state index in [0.29, 0.717) is 37.1 Å². The number of hydrogen-bond donors (Lipinski definition) is 1. The second kappa shape index (κ2) is 8.81. The van der Waals surface area contributed by atoms with Crippen LogP contribution in [0.25, 0.3) is 0 Å². The summed E-state index contributed by atoms with van der Waals surface area (Å²) < 4.78 is 33.2. The highest BCUT2D eigenvalue weighted by atomic mass is 19.1. The maximum atomic E-state index is 13.9. The van der Waals surface area contributed by atoms with Crippen molar-refractivity contribution in [2.45, 2.75) is 31.7 Å². The van der Waals surface area contributed by atoms with Gasteiger partial charge in [-0.1, -0.05) is 0 Å². The number of likely N-dealkylation sites (tertiary alicyclic amines) is 1. The highest BCUT2D eigenvalue weighted by molar-refractivity contribution is 5.95. The lowest BCUT2D eigenvalue weighted by molar-refractivity contribution is 0.0628. The summed E-state index contributed by atoms with van der Waals surface area (Å²) in [7, 11) is 0.